The first-order valence-electron chi connectivity index (χ1n) is 9.16. The van der Waals surface area contributed by atoms with Crippen molar-refractivity contribution in [3.05, 3.63) is 53.2 Å². The molecule has 0 spiro atoms. The molecule has 0 atom stereocenters. The van der Waals surface area contributed by atoms with Crippen LogP contribution in [0.2, 0.25) is 0 Å². The van der Waals surface area contributed by atoms with Gasteiger partial charge in [-0.2, -0.15) is 0 Å². The molecule has 0 saturated carbocycles. The molecule has 2 aliphatic rings. The molecule has 4 rings (SSSR count). The average Bonchev–Trinajstić information content (AvgIpc) is 3.31. The molecule has 1 aliphatic carbocycles. The van der Waals surface area contributed by atoms with Gasteiger partial charge in [0.2, 0.25) is 0 Å². The Kier molecular flexibility index (Phi) is 4.55. The van der Waals surface area contributed by atoms with Gasteiger partial charge in [0.15, 0.2) is 5.96 Å². The van der Waals surface area contributed by atoms with Crippen LogP contribution < -0.4 is 16.0 Å². The summed E-state index contributed by atoms with van der Waals surface area (Å²) in [7, 11) is 0. The van der Waals surface area contributed by atoms with E-state index in [0.717, 1.165) is 36.6 Å². The Balaban J connectivity index is 1.40. The number of aliphatic imine (C=N–C) groups is 1. The maximum Gasteiger partial charge on any atom is 0.193 e. The zero-order chi connectivity index (χ0) is 17.1. The standard InChI is InChI=1S/C20H25N5/c21-20(24-18-7-6-16-4-3-5-17(16)13-18)23-14-15-8-9-22-19(12-15)25-10-1-2-11-25/h6-9,12-13H,1-5,10-11,14H2,(H3,21,23,24). The lowest BCUT2D eigenvalue weighted by Crippen LogP contribution is -2.22. The molecule has 0 unspecified atom stereocenters. The molecule has 2 aromatic rings. The van der Waals surface area contributed by atoms with E-state index in [-0.39, 0.29) is 0 Å². The Bertz CT molecular complexity index is 777. The number of anilines is 2. The Morgan fingerprint density at radius 1 is 1.08 bits per heavy atom. The van der Waals surface area contributed by atoms with Crippen molar-refractivity contribution in [2.45, 2.75) is 38.6 Å². The molecule has 1 saturated heterocycles. The van der Waals surface area contributed by atoms with Gasteiger partial charge in [-0.15, -0.1) is 0 Å². The molecule has 1 aromatic carbocycles. The Morgan fingerprint density at radius 3 is 2.80 bits per heavy atom. The lowest BCUT2D eigenvalue weighted by Gasteiger charge is -2.16. The van der Waals surface area contributed by atoms with E-state index in [1.54, 1.807) is 0 Å². The van der Waals surface area contributed by atoms with Gasteiger partial charge in [-0.1, -0.05) is 6.07 Å². The lowest BCUT2D eigenvalue weighted by molar-refractivity contribution is 0.912. The van der Waals surface area contributed by atoms with Gasteiger partial charge < -0.3 is 16.0 Å². The van der Waals surface area contributed by atoms with Crippen molar-refractivity contribution in [3.63, 3.8) is 0 Å². The molecule has 3 N–H and O–H groups in total. The van der Waals surface area contributed by atoms with Crippen LogP contribution in [0.1, 0.15) is 36.0 Å². The smallest absolute Gasteiger partial charge is 0.193 e. The van der Waals surface area contributed by atoms with E-state index in [4.69, 9.17) is 5.73 Å². The first kappa shape index (κ1) is 15.9. The van der Waals surface area contributed by atoms with Gasteiger partial charge in [0.05, 0.1) is 6.54 Å². The normalized spacial score (nSPS) is 17.0. The molecular formula is C20H25N5. The summed E-state index contributed by atoms with van der Waals surface area (Å²) < 4.78 is 0. The highest BCUT2D eigenvalue weighted by Gasteiger charge is 2.13. The predicted molar refractivity (Wildman–Crippen MR) is 103 cm³/mol. The minimum atomic E-state index is 0.456. The van der Waals surface area contributed by atoms with Crippen molar-refractivity contribution in [1.29, 1.82) is 0 Å². The highest BCUT2D eigenvalue weighted by molar-refractivity contribution is 5.92. The van der Waals surface area contributed by atoms with E-state index < -0.39 is 0 Å². The molecule has 0 amide bonds. The third-order valence-corrected chi connectivity index (χ3v) is 5.04. The Morgan fingerprint density at radius 2 is 1.92 bits per heavy atom. The quantitative estimate of drug-likeness (QED) is 0.665. The largest absolute Gasteiger partial charge is 0.370 e. The summed E-state index contributed by atoms with van der Waals surface area (Å²) in [5.41, 5.74) is 11.1. The number of rotatable bonds is 4. The molecule has 0 radical (unpaired) electrons. The number of nitrogens with two attached hydrogens (primary N) is 1. The van der Waals surface area contributed by atoms with Crippen molar-refractivity contribution in [2.75, 3.05) is 23.3 Å². The maximum absolute atomic E-state index is 6.07. The van der Waals surface area contributed by atoms with Gasteiger partial charge >= 0.3 is 0 Å². The topological polar surface area (TPSA) is 66.5 Å². The number of benzene rings is 1. The molecule has 5 heteroatoms. The fourth-order valence-corrected chi connectivity index (χ4v) is 3.69. The van der Waals surface area contributed by atoms with Gasteiger partial charge in [0.25, 0.3) is 0 Å². The number of aromatic nitrogens is 1. The second-order valence-corrected chi connectivity index (χ2v) is 6.88. The van der Waals surface area contributed by atoms with Crippen molar-refractivity contribution in [3.8, 4) is 0 Å². The average molecular weight is 335 g/mol. The molecule has 5 nitrogen and oxygen atoms in total. The molecule has 1 fully saturated rings. The lowest BCUT2D eigenvalue weighted by atomic mass is 10.1. The summed E-state index contributed by atoms with van der Waals surface area (Å²) in [5, 5.41) is 3.21. The van der Waals surface area contributed by atoms with Gasteiger partial charge in [-0.05, 0) is 73.1 Å². The monoisotopic (exact) mass is 335 g/mol. The molecule has 0 bridgehead atoms. The summed E-state index contributed by atoms with van der Waals surface area (Å²) in [4.78, 5) is 11.3. The summed E-state index contributed by atoms with van der Waals surface area (Å²) in [6.07, 6.45) is 7.98. The molecule has 130 valence electrons. The zero-order valence-corrected chi connectivity index (χ0v) is 14.5. The summed E-state index contributed by atoms with van der Waals surface area (Å²) >= 11 is 0. The number of hydrogen-bond donors (Lipinski definition) is 2. The molecule has 1 aliphatic heterocycles. The number of fused-ring (bicyclic) bond motifs is 1. The van der Waals surface area contributed by atoms with Crippen LogP contribution in [0.4, 0.5) is 11.5 Å². The Hall–Kier alpha value is -2.56. The predicted octanol–water partition coefficient (Wildman–Crippen LogP) is 3.10. The van der Waals surface area contributed by atoms with Crippen LogP contribution in [-0.2, 0) is 19.4 Å². The third-order valence-electron chi connectivity index (χ3n) is 5.04. The van der Waals surface area contributed by atoms with E-state index in [1.165, 1.54) is 36.8 Å². The number of guanidine groups is 1. The van der Waals surface area contributed by atoms with E-state index in [9.17, 15) is 0 Å². The van der Waals surface area contributed by atoms with Crippen LogP contribution in [0.5, 0.6) is 0 Å². The van der Waals surface area contributed by atoms with Crippen molar-refractivity contribution in [2.24, 2.45) is 10.7 Å². The van der Waals surface area contributed by atoms with Crippen LogP contribution in [0.3, 0.4) is 0 Å². The van der Waals surface area contributed by atoms with Crippen molar-refractivity contribution in [1.82, 2.24) is 4.98 Å². The van der Waals surface area contributed by atoms with Gasteiger partial charge in [0, 0.05) is 25.0 Å². The summed E-state index contributed by atoms with van der Waals surface area (Å²) in [6.45, 7) is 2.76. The van der Waals surface area contributed by atoms with Crippen LogP contribution >= 0.6 is 0 Å². The van der Waals surface area contributed by atoms with Gasteiger partial charge in [-0.25, -0.2) is 9.98 Å². The number of nitrogens with one attached hydrogen (secondary N) is 1. The third kappa shape index (κ3) is 3.76. The number of nitrogens with zero attached hydrogens (tertiary/aromatic N) is 3. The van der Waals surface area contributed by atoms with Gasteiger partial charge in [-0.3, -0.25) is 0 Å². The van der Waals surface area contributed by atoms with Crippen LogP contribution in [0.15, 0.2) is 41.5 Å². The number of pyridine rings is 1. The zero-order valence-electron chi connectivity index (χ0n) is 14.5. The van der Waals surface area contributed by atoms with E-state index >= 15 is 0 Å². The number of hydrogen-bond acceptors (Lipinski definition) is 3. The van der Waals surface area contributed by atoms with Crippen molar-refractivity contribution >= 4 is 17.5 Å². The van der Waals surface area contributed by atoms with E-state index in [1.807, 2.05) is 12.3 Å². The fourth-order valence-electron chi connectivity index (χ4n) is 3.69. The SMILES string of the molecule is NC(=NCc1ccnc(N2CCCC2)c1)Nc1ccc2c(c1)CCC2. The van der Waals surface area contributed by atoms with E-state index in [2.05, 4.69) is 44.5 Å². The van der Waals surface area contributed by atoms with Crippen LogP contribution in [0, 0.1) is 0 Å². The second kappa shape index (κ2) is 7.13. The summed E-state index contributed by atoms with van der Waals surface area (Å²) in [6, 6.07) is 10.6. The minimum Gasteiger partial charge on any atom is -0.370 e. The molecule has 1 aromatic heterocycles. The highest BCUT2D eigenvalue weighted by atomic mass is 15.2. The molecular weight excluding hydrogens is 310 g/mol. The first-order chi connectivity index (χ1) is 12.3. The second-order valence-electron chi connectivity index (χ2n) is 6.88. The van der Waals surface area contributed by atoms with Crippen LogP contribution in [0.25, 0.3) is 0 Å². The number of aryl methyl sites for hydroxylation is 2. The molecule has 2 heterocycles. The van der Waals surface area contributed by atoms with Crippen LogP contribution in [-0.4, -0.2) is 24.0 Å². The van der Waals surface area contributed by atoms with Crippen molar-refractivity contribution < 1.29 is 0 Å². The molecule has 25 heavy (non-hydrogen) atoms. The minimum absolute atomic E-state index is 0.456. The Labute approximate surface area is 149 Å². The summed E-state index contributed by atoms with van der Waals surface area (Å²) in [5.74, 6) is 1.51. The van der Waals surface area contributed by atoms with Gasteiger partial charge in [0.1, 0.15) is 5.82 Å². The van der Waals surface area contributed by atoms with E-state index in [0.29, 0.717) is 12.5 Å². The highest BCUT2D eigenvalue weighted by Crippen LogP contribution is 2.24. The maximum atomic E-state index is 6.07. The fraction of sp³-hybridized carbons (Fsp3) is 0.400. The first-order valence-corrected chi connectivity index (χ1v) is 9.16.